The smallest absolute Gasteiger partial charge is 0.265 e. The molecule has 2 aromatic carbocycles. The monoisotopic (exact) mass is 393 g/mol. The zero-order chi connectivity index (χ0) is 19.5. The first-order chi connectivity index (χ1) is 13.6. The second kappa shape index (κ2) is 8.07. The Balaban J connectivity index is 1.40. The van der Waals surface area contributed by atoms with Gasteiger partial charge in [0.05, 0.1) is 17.7 Å². The molecule has 1 aromatic heterocycles. The van der Waals surface area contributed by atoms with E-state index < -0.39 is 0 Å². The molecule has 1 N–H and O–H groups in total. The zero-order valence-corrected chi connectivity index (χ0v) is 16.9. The first-order valence-corrected chi connectivity index (χ1v) is 10.3. The van der Waals surface area contributed by atoms with Gasteiger partial charge in [-0.2, -0.15) is 0 Å². The summed E-state index contributed by atoms with van der Waals surface area (Å²) in [5.74, 6) is 1.40. The Morgan fingerprint density at radius 1 is 1.11 bits per heavy atom. The maximum Gasteiger partial charge on any atom is 0.265 e. The number of carbonyl (C=O) groups is 1. The summed E-state index contributed by atoms with van der Waals surface area (Å²) in [6, 6.07) is 13.9. The van der Waals surface area contributed by atoms with Crippen LogP contribution in [-0.2, 0) is 19.4 Å². The second-order valence-corrected chi connectivity index (χ2v) is 7.96. The van der Waals surface area contributed by atoms with Crippen LogP contribution in [-0.4, -0.2) is 13.0 Å². The van der Waals surface area contributed by atoms with Gasteiger partial charge in [-0.25, -0.2) is 0 Å². The van der Waals surface area contributed by atoms with E-state index in [1.54, 1.807) is 7.11 Å². The van der Waals surface area contributed by atoms with Crippen molar-refractivity contribution in [1.29, 1.82) is 0 Å². The van der Waals surface area contributed by atoms with Crippen LogP contribution in [0.2, 0.25) is 0 Å². The van der Waals surface area contributed by atoms with E-state index in [1.165, 1.54) is 35.3 Å². The summed E-state index contributed by atoms with van der Waals surface area (Å²) in [5, 5.41) is 4.91. The number of fused-ring (bicyclic) bond motifs is 1. The number of anilines is 1. The third-order valence-electron chi connectivity index (χ3n) is 4.96. The van der Waals surface area contributed by atoms with E-state index in [-0.39, 0.29) is 5.91 Å². The molecule has 1 heterocycles. The Labute approximate surface area is 169 Å². The number of aryl methyl sites for hydroxylation is 3. The number of thiophene rings is 1. The molecular formula is C23H23NO3S. The summed E-state index contributed by atoms with van der Waals surface area (Å²) in [6.07, 6.45) is 3.54. The van der Waals surface area contributed by atoms with Gasteiger partial charge in [-0.1, -0.05) is 12.1 Å². The fourth-order valence-corrected chi connectivity index (χ4v) is 4.27. The van der Waals surface area contributed by atoms with E-state index in [1.807, 2.05) is 42.6 Å². The molecule has 144 valence electrons. The van der Waals surface area contributed by atoms with Crippen molar-refractivity contribution in [3.63, 3.8) is 0 Å². The molecule has 0 radical (unpaired) electrons. The molecule has 0 aliphatic heterocycles. The van der Waals surface area contributed by atoms with Gasteiger partial charge in [-0.15, -0.1) is 11.3 Å². The molecule has 0 spiro atoms. The lowest BCUT2D eigenvalue weighted by molar-refractivity contribution is 0.103. The highest BCUT2D eigenvalue weighted by atomic mass is 32.1. The van der Waals surface area contributed by atoms with Gasteiger partial charge in [0, 0.05) is 5.56 Å². The first-order valence-electron chi connectivity index (χ1n) is 9.40. The van der Waals surface area contributed by atoms with Crippen LogP contribution in [0.25, 0.3) is 0 Å². The van der Waals surface area contributed by atoms with Crippen molar-refractivity contribution in [2.75, 3.05) is 12.4 Å². The Hall–Kier alpha value is -2.79. The lowest BCUT2D eigenvalue weighted by atomic mass is 10.1. The van der Waals surface area contributed by atoms with E-state index in [0.717, 1.165) is 23.3 Å². The van der Waals surface area contributed by atoms with Crippen molar-refractivity contribution >= 4 is 22.9 Å². The average Bonchev–Trinajstić information content (AvgIpc) is 3.35. The van der Waals surface area contributed by atoms with Gasteiger partial charge in [-0.3, -0.25) is 4.79 Å². The molecule has 0 saturated carbocycles. The molecule has 0 fully saturated rings. The van der Waals surface area contributed by atoms with Gasteiger partial charge in [0.2, 0.25) is 0 Å². The standard InChI is InChI=1S/C23H23NO3S/c1-15-6-9-21(26-2)20(10-15)24-23(25)22-11-16(14-28-22)13-27-19-8-7-17-4-3-5-18(17)12-19/h6-12,14H,3-5,13H2,1-2H3,(H,24,25). The summed E-state index contributed by atoms with van der Waals surface area (Å²) < 4.78 is 11.3. The maximum atomic E-state index is 12.6. The van der Waals surface area contributed by atoms with Gasteiger partial charge in [0.1, 0.15) is 18.1 Å². The first kappa shape index (κ1) is 18.6. The molecule has 4 nitrogen and oxygen atoms in total. The van der Waals surface area contributed by atoms with E-state index >= 15 is 0 Å². The molecule has 5 heteroatoms. The third kappa shape index (κ3) is 4.04. The quantitative estimate of drug-likeness (QED) is 0.611. The van der Waals surface area contributed by atoms with Crippen LogP contribution in [0.1, 0.15) is 38.3 Å². The molecule has 28 heavy (non-hydrogen) atoms. The minimum atomic E-state index is -0.141. The van der Waals surface area contributed by atoms with Crippen molar-refractivity contribution in [2.24, 2.45) is 0 Å². The number of carbonyl (C=O) groups excluding carboxylic acids is 1. The lowest BCUT2D eigenvalue weighted by Gasteiger charge is -2.10. The number of hydrogen-bond donors (Lipinski definition) is 1. The average molecular weight is 394 g/mol. The van der Waals surface area contributed by atoms with Crippen LogP contribution < -0.4 is 14.8 Å². The number of benzene rings is 2. The van der Waals surface area contributed by atoms with Crippen LogP contribution in [0.15, 0.2) is 47.8 Å². The topological polar surface area (TPSA) is 47.6 Å². The predicted octanol–water partition coefficient (Wildman–Crippen LogP) is 5.39. The minimum Gasteiger partial charge on any atom is -0.495 e. The normalized spacial score (nSPS) is 12.5. The number of rotatable bonds is 6. The van der Waals surface area contributed by atoms with Crippen molar-refractivity contribution < 1.29 is 14.3 Å². The fourth-order valence-electron chi connectivity index (χ4n) is 3.48. The highest BCUT2D eigenvalue weighted by molar-refractivity contribution is 7.12. The molecule has 0 bridgehead atoms. The van der Waals surface area contributed by atoms with Gasteiger partial charge in [0.25, 0.3) is 5.91 Å². The van der Waals surface area contributed by atoms with Crippen LogP contribution in [0.5, 0.6) is 11.5 Å². The Kier molecular flexibility index (Phi) is 5.35. The Morgan fingerprint density at radius 3 is 2.82 bits per heavy atom. The molecular weight excluding hydrogens is 370 g/mol. The van der Waals surface area contributed by atoms with E-state index in [4.69, 9.17) is 9.47 Å². The molecule has 0 unspecified atom stereocenters. The molecule has 0 atom stereocenters. The predicted molar refractivity (Wildman–Crippen MR) is 113 cm³/mol. The summed E-state index contributed by atoms with van der Waals surface area (Å²) in [7, 11) is 1.60. The van der Waals surface area contributed by atoms with Crippen molar-refractivity contribution in [3.05, 3.63) is 75.0 Å². The maximum absolute atomic E-state index is 12.6. The summed E-state index contributed by atoms with van der Waals surface area (Å²) in [6.45, 7) is 2.44. The van der Waals surface area contributed by atoms with Crippen molar-refractivity contribution in [1.82, 2.24) is 0 Å². The number of methoxy groups -OCH3 is 1. The van der Waals surface area contributed by atoms with E-state index in [9.17, 15) is 4.79 Å². The SMILES string of the molecule is COc1ccc(C)cc1NC(=O)c1cc(COc2ccc3c(c2)CCC3)cs1. The zero-order valence-electron chi connectivity index (χ0n) is 16.1. The Bertz CT molecular complexity index is 1010. The molecule has 3 aromatic rings. The number of amides is 1. The summed E-state index contributed by atoms with van der Waals surface area (Å²) in [5.41, 5.74) is 5.57. The molecule has 1 amide bonds. The molecule has 4 rings (SSSR count). The van der Waals surface area contributed by atoms with Gasteiger partial charge < -0.3 is 14.8 Å². The number of hydrogen-bond acceptors (Lipinski definition) is 4. The van der Waals surface area contributed by atoms with Gasteiger partial charge in [0.15, 0.2) is 0 Å². The van der Waals surface area contributed by atoms with Crippen LogP contribution in [0, 0.1) is 6.92 Å². The number of nitrogens with one attached hydrogen (secondary N) is 1. The van der Waals surface area contributed by atoms with Crippen LogP contribution in [0.3, 0.4) is 0 Å². The second-order valence-electron chi connectivity index (χ2n) is 7.05. The Morgan fingerprint density at radius 2 is 1.96 bits per heavy atom. The highest BCUT2D eigenvalue weighted by Gasteiger charge is 2.14. The number of ether oxygens (including phenoxy) is 2. The summed E-state index contributed by atoms with van der Waals surface area (Å²) >= 11 is 1.42. The highest BCUT2D eigenvalue weighted by Crippen LogP contribution is 2.28. The minimum absolute atomic E-state index is 0.141. The van der Waals surface area contributed by atoms with Crippen molar-refractivity contribution in [2.45, 2.75) is 32.8 Å². The molecule has 0 saturated heterocycles. The third-order valence-corrected chi connectivity index (χ3v) is 5.93. The largest absolute Gasteiger partial charge is 0.495 e. The van der Waals surface area contributed by atoms with Crippen molar-refractivity contribution in [3.8, 4) is 11.5 Å². The molecule has 1 aliphatic carbocycles. The fraction of sp³-hybridized carbons (Fsp3) is 0.261. The van der Waals surface area contributed by atoms with Crippen LogP contribution in [0.4, 0.5) is 5.69 Å². The van der Waals surface area contributed by atoms with E-state index in [0.29, 0.717) is 22.9 Å². The lowest BCUT2D eigenvalue weighted by Crippen LogP contribution is -2.11. The van der Waals surface area contributed by atoms with Gasteiger partial charge >= 0.3 is 0 Å². The van der Waals surface area contributed by atoms with Crippen LogP contribution >= 0.6 is 11.3 Å². The van der Waals surface area contributed by atoms with Gasteiger partial charge in [-0.05, 0) is 78.6 Å². The summed E-state index contributed by atoms with van der Waals surface area (Å²) in [4.78, 5) is 13.3. The van der Waals surface area contributed by atoms with E-state index in [2.05, 4.69) is 17.4 Å². The molecule has 1 aliphatic rings.